The molecule has 1 heterocycles. The summed E-state index contributed by atoms with van der Waals surface area (Å²) < 4.78 is 0. The van der Waals surface area contributed by atoms with Gasteiger partial charge in [0, 0.05) is 12.1 Å². The highest BCUT2D eigenvalue weighted by molar-refractivity contribution is 6.54. The molecule has 0 aromatic heterocycles. The highest BCUT2D eigenvalue weighted by Gasteiger charge is 2.33. The molecule has 3 nitrogen and oxygen atoms in total. The lowest BCUT2D eigenvalue weighted by Crippen LogP contribution is -2.31. The van der Waals surface area contributed by atoms with Gasteiger partial charge in [-0.3, -0.25) is 4.79 Å². The Labute approximate surface area is 154 Å². The zero-order chi connectivity index (χ0) is 18.1. The second kappa shape index (κ2) is 6.75. The Kier molecular flexibility index (Phi) is 4.29. The SMILES string of the molecule is CC(C)CCN1C(=O)C(=Nc2ccc3ccccc3c2)c2ccccc21. The smallest absolute Gasteiger partial charge is 0.277 e. The number of rotatable bonds is 4. The fourth-order valence-electron chi connectivity index (χ4n) is 3.35. The standard InChI is InChI=1S/C23H22N2O/c1-16(2)13-14-25-21-10-6-5-9-20(21)22(23(25)26)24-19-12-11-17-7-3-4-8-18(17)15-19/h3-12,15-16H,13-14H2,1-2H3. The summed E-state index contributed by atoms with van der Waals surface area (Å²) >= 11 is 0. The molecule has 0 saturated carbocycles. The molecule has 26 heavy (non-hydrogen) atoms. The molecule has 3 heteroatoms. The van der Waals surface area contributed by atoms with Crippen LogP contribution in [0.2, 0.25) is 0 Å². The van der Waals surface area contributed by atoms with Crippen LogP contribution in [-0.4, -0.2) is 18.2 Å². The van der Waals surface area contributed by atoms with E-state index < -0.39 is 0 Å². The van der Waals surface area contributed by atoms with Gasteiger partial charge in [-0.1, -0.05) is 62.4 Å². The fraction of sp³-hybridized carbons (Fsp3) is 0.217. The molecule has 0 spiro atoms. The molecule has 0 unspecified atom stereocenters. The third-order valence-corrected chi connectivity index (χ3v) is 4.80. The van der Waals surface area contributed by atoms with Crippen molar-refractivity contribution < 1.29 is 4.79 Å². The van der Waals surface area contributed by atoms with Crippen molar-refractivity contribution in [2.75, 3.05) is 11.4 Å². The molecule has 3 aromatic rings. The first kappa shape index (κ1) is 16.5. The molecule has 4 rings (SSSR count). The molecule has 0 bridgehead atoms. The number of carbonyl (C=O) groups is 1. The van der Waals surface area contributed by atoms with Crippen molar-refractivity contribution in [2.45, 2.75) is 20.3 Å². The van der Waals surface area contributed by atoms with Crippen LogP contribution in [0.1, 0.15) is 25.8 Å². The first-order chi connectivity index (χ1) is 12.6. The van der Waals surface area contributed by atoms with Crippen LogP contribution in [0.5, 0.6) is 0 Å². The van der Waals surface area contributed by atoms with Crippen LogP contribution in [-0.2, 0) is 4.79 Å². The minimum atomic E-state index is 0.00000798. The summed E-state index contributed by atoms with van der Waals surface area (Å²) in [4.78, 5) is 19.6. The van der Waals surface area contributed by atoms with Crippen molar-refractivity contribution >= 4 is 33.8 Å². The van der Waals surface area contributed by atoms with Gasteiger partial charge >= 0.3 is 0 Å². The molecule has 3 aromatic carbocycles. The summed E-state index contributed by atoms with van der Waals surface area (Å²) in [6, 6.07) is 22.2. The number of fused-ring (bicyclic) bond motifs is 2. The predicted octanol–water partition coefficient (Wildman–Crippen LogP) is 5.35. The summed E-state index contributed by atoms with van der Waals surface area (Å²) in [6.45, 7) is 5.08. The molecule has 1 aliphatic heterocycles. The molecule has 1 amide bonds. The van der Waals surface area contributed by atoms with Gasteiger partial charge in [0.25, 0.3) is 5.91 Å². The molecule has 0 aliphatic carbocycles. The molecule has 130 valence electrons. The third kappa shape index (κ3) is 3.01. The second-order valence-electron chi connectivity index (χ2n) is 7.15. The van der Waals surface area contributed by atoms with E-state index in [1.54, 1.807) is 0 Å². The summed E-state index contributed by atoms with van der Waals surface area (Å²) in [7, 11) is 0. The summed E-state index contributed by atoms with van der Waals surface area (Å²) in [5.74, 6) is 0.552. The molecular weight excluding hydrogens is 320 g/mol. The molecule has 0 atom stereocenters. The maximum atomic E-state index is 13.0. The largest absolute Gasteiger partial charge is 0.306 e. The van der Waals surface area contributed by atoms with E-state index in [9.17, 15) is 4.79 Å². The fourth-order valence-corrected chi connectivity index (χ4v) is 3.35. The first-order valence-corrected chi connectivity index (χ1v) is 9.12. The van der Waals surface area contributed by atoms with E-state index in [4.69, 9.17) is 4.99 Å². The van der Waals surface area contributed by atoms with Crippen LogP contribution in [0, 0.1) is 5.92 Å². The Bertz CT molecular complexity index is 1000. The van der Waals surface area contributed by atoms with E-state index in [1.165, 1.54) is 5.39 Å². The van der Waals surface area contributed by atoms with Crippen molar-refractivity contribution in [2.24, 2.45) is 10.9 Å². The zero-order valence-electron chi connectivity index (χ0n) is 15.1. The highest BCUT2D eigenvalue weighted by Crippen LogP contribution is 2.32. The number of nitrogens with zero attached hydrogens (tertiary/aromatic N) is 2. The molecule has 0 radical (unpaired) electrons. The second-order valence-corrected chi connectivity index (χ2v) is 7.15. The lowest BCUT2D eigenvalue weighted by Gasteiger charge is -2.17. The number of benzene rings is 3. The lowest BCUT2D eigenvalue weighted by atomic mass is 10.1. The van der Waals surface area contributed by atoms with Crippen LogP contribution in [0.4, 0.5) is 11.4 Å². The van der Waals surface area contributed by atoms with E-state index in [-0.39, 0.29) is 5.91 Å². The molecule has 1 aliphatic rings. The normalized spacial score (nSPS) is 15.3. The average molecular weight is 342 g/mol. The van der Waals surface area contributed by atoms with Crippen LogP contribution in [0.15, 0.2) is 71.7 Å². The third-order valence-electron chi connectivity index (χ3n) is 4.80. The number of amides is 1. The minimum absolute atomic E-state index is 0.00000798. The van der Waals surface area contributed by atoms with Crippen LogP contribution < -0.4 is 4.90 Å². The van der Waals surface area contributed by atoms with Crippen molar-refractivity contribution in [3.8, 4) is 0 Å². The van der Waals surface area contributed by atoms with Crippen molar-refractivity contribution in [1.29, 1.82) is 0 Å². The monoisotopic (exact) mass is 342 g/mol. The summed E-state index contributed by atoms with van der Waals surface area (Å²) in [5.41, 5.74) is 3.25. The van der Waals surface area contributed by atoms with Gasteiger partial charge in [0.05, 0.1) is 11.4 Å². The van der Waals surface area contributed by atoms with Gasteiger partial charge in [-0.15, -0.1) is 0 Å². The topological polar surface area (TPSA) is 32.7 Å². The van der Waals surface area contributed by atoms with Gasteiger partial charge in [-0.05, 0) is 41.3 Å². The number of carbonyl (C=O) groups excluding carboxylic acids is 1. The van der Waals surface area contributed by atoms with E-state index in [1.807, 2.05) is 53.4 Å². The predicted molar refractivity (Wildman–Crippen MR) is 108 cm³/mol. The zero-order valence-corrected chi connectivity index (χ0v) is 15.1. The van der Waals surface area contributed by atoms with Gasteiger partial charge in [-0.2, -0.15) is 0 Å². The summed E-state index contributed by atoms with van der Waals surface area (Å²) in [5, 5.41) is 2.30. The number of para-hydroxylation sites is 1. The number of hydrogen-bond donors (Lipinski definition) is 0. The Hall–Kier alpha value is -2.94. The quantitative estimate of drug-likeness (QED) is 0.629. The van der Waals surface area contributed by atoms with Gasteiger partial charge < -0.3 is 4.90 Å². The Morgan fingerprint density at radius 1 is 0.923 bits per heavy atom. The van der Waals surface area contributed by atoms with E-state index in [0.29, 0.717) is 11.6 Å². The van der Waals surface area contributed by atoms with Crippen molar-refractivity contribution in [3.05, 3.63) is 72.3 Å². The Morgan fingerprint density at radius 2 is 1.65 bits per heavy atom. The van der Waals surface area contributed by atoms with Crippen LogP contribution in [0.25, 0.3) is 10.8 Å². The average Bonchev–Trinajstić information content (AvgIpc) is 2.91. The Balaban J connectivity index is 1.75. The Morgan fingerprint density at radius 3 is 2.46 bits per heavy atom. The number of hydrogen-bond acceptors (Lipinski definition) is 2. The van der Waals surface area contributed by atoms with Gasteiger partial charge in [0.2, 0.25) is 0 Å². The maximum Gasteiger partial charge on any atom is 0.277 e. The van der Waals surface area contributed by atoms with Crippen LogP contribution >= 0.6 is 0 Å². The van der Waals surface area contributed by atoms with Crippen molar-refractivity contribution in [3.63, 3.8) is 0 Å². The minimum Gasteiger partial charge on any atom is -0.306 e. The maximum absolute atomic E-state index is 13.0. The summed E-state index contributed by atoms with van der Waals surface area (Å²) in [6.07, 6.45) is 0.976. The number of anilines is 1. The number of aliphatic imine (C=N–C) groups is 1. The first-order valence-electron chi connectivity index (χ1n) is 9.12. The molecule has 0 fully saturated rings. The van der Waals surface area contributed by atoms with E-state index >= 15 is 0 Å². The lowest BCUT2D eigenvalue weighted by molar-refractivity contribution is -0.112. The molecule has 0 N–H and O–H groups in total. The van der Waals surface area contributed by atoms with E-state index in [0.717, 1.165) is 35.3 Å². The van der Waals surface area contributed by atoms with Crippen LogP contribution in [0.3, 0.4) is 0 Å². The van der Waals surface area contributed by atoms with Crippen molar-refractivity contribution in [1.82, 2.24) is 0 Å². The molecular formula is C23H22N2O. The van der Waals surface area contributed by atoms with E-state index in [2.05, 4.69) is 32.0 Å². The highest BCUT2D eigenvalue weighted by atomic mass is 16.2. The van der Waals surface area contributed by atoms with Gasteiger partial charge in [0.15, 0.2) is 0 Å². The van der Waals surface area contributed by atoms with Gasteiger partial charge in [-0.25, -0.2) is 4.99 Å². The van der Waals surface area contributed by atoms with Gasteiger partial charge in [0.1, 0.15) is 5.71 Å². The molecule has 0 saturated heterocycles.